The summed E-state index contributed by atoms with van der Waals surface area (Å²) in [6.45, 7) is 8.25. The lowest BCUT2D eigenvalue weighted by Crippen LogP contribution is -2.49. The average Bonchev–Trinajstić information content (AvgIpc) is 3.04. The van der Waals surface area contributed by atoms with E-state index in [4.69, 9.17) is 4.74 Å². The van der Waals surface area contributed by atoms with E-state index < -0.39 is 29.6 Å². The molecule has 0 bridgehead atoms. The zero-order chi connectivity index (χ0) is 24.1. The molecule has 174 valence electrons. The molecule has 32 heavy (non-hydrogen) atoms. The number of rotatable bonds is 10. The molecule has 0 unspecified atom stereocenters. The number of fused-ring (bicyclic) bond motifs is 1. The Morgan fingerprint density at radius 2 is 1.91 bits per heavy atom. The van der Waals surface area contributed by atoms with Gasteiger partial charge >= 0.3 is 5.97 Å². The maximum Gasteiger partial charge on any atom is 0.328 e. The molecule has 0 aliphatic rings. The minimum atomic E-state index is -1.25. The Morgan fingerprint density at radius 1 is 1.22 bits per heavy atom. The van der Waals surface area contributed by atoms with Crippen LogP contribution in [0.25, 0.3) is 10.9 Å². The van der Waals surface area contributed by atoms with E-state index in [1.165, 1.54) is 6.92 Å². The number of ether oxygens (including phenoxy) is 1. The Hall–Kier alpha value is -3.20. The minimum absolute atomic E-state index is 0.0842. The third-order valence-corrected chi connectivity index (χ3v) is 4.65. The summed E-state index contributed by atoms with van der Waals surface area (Å²) >= 11 is 0. The molecule has 0 radical (unpaired) electrons. The van der Waals surface area contributed by atoms with Gasteiger partial charge in [-0.1, -0.05) is 0 Å². The van der Waals surface area contributed by atoms with Crippen molar-refractivity contribution in [1.29, 1.82) is 0 Å². The van der Waals surface area contributed by atoms with Crippen LogP contribution in [0.3, 0.4) is 0 Å². The Balaban J connectivity index is 2.30. The molecule has 1 amide bonds. The number of carbonyl (C=O) groups is 3. The Morgan fingerprint density at radius 3 is 2.50 bits per heavy atom. The zero-order valence-corrected chi connectivity index (χ0v) is 19.1. The van der Waals surface area contributed by atoms with Crippen molar-refractivity contribution in [3.8, 4) is 5.75 Å². The molecule has 0 aliphatic carbocycles. The third-order valence-electron chi connectivity index (χ3n) is 4.65. The first-order valence-electron chi connectivity index (χ1n) is 10.3. The first-order valence-corrected chi connectivity index (χ1v) is 10.3. The van der Waals surface area contributed by atoms with Crippen molar-refractivity contribution in [2.45, 2.75) is 65.1 Å². The molecule has 0 saturated heterocycles. The van der Waals surface area contributed by atoms with Crippen LogP contribution in [0.5, 0.6) is 5.75 Å². The van der Waals surface area contributed by atoms with E-state index in [1.807, 2.05) is 0 Å². The lowest BCUT2D eigenvalue weighted by molar-refractivity contribution is -0.145. The second-order valence-corrected chi connectivity index (χ2v) is 8.83. The van der Waals surface area contributed by atoms with Gasteiger partial charge in [0.15, 0.2) is 6.04 Å². The summed E-state index contributed by atoms with van der Waals surface area (Å²) < 4.78 is 5.54. The summed E-state index contributed by atoms with van der Waals surface area (Å²) in [6, 6.07) is 2.64. The van der Waals surface area contributed by atoms with Gasteiger partial charge < -0.3 is 25.3 Å². The number of phenolic OH excluding ortho intramolecular Hbond substituents is 1. The molecule has 2 rings (SSSR count). The van der Waals surface area contributed by atoms with E-state index in [-0.39, 0.29) is 31.0 Å². The smallest absolute Gasteiger partial charge is 0.328 e. The molecule has 1 aromatic carbocycles. The van der Waals surface area contributed by atoms with Crippen molar-refractivity contribution in [3.63, 3.8) is 0 Å². The van der Waals surface area contributed by atoms with Crippen LogP contribution in [0, 0.1) is 0 Å². The fourth-order valence-corrected chi connectivity index (χ4v) is 3.19. The predicted octanol–water partition coefficient (Wildman–Crippen LogP) is 2.61. The highest BCUT2D eigenvalue weighted by Gasteiger charge is 2.28. The molecule has 1 heterocycles. The fourth-order valence-electron chi connectivity index (χ4n) is 3.19. The number of carbonyl (C=O) groups excluding carboxylic acids is 2. The molecule has 0 saturated carbocycles. The number of nitrogens with zero attached hydrogens (tertiary/aromatic N) is 1. The summed E-state index contributed by atoms with van der Waals surface area (Å²) in [5.74, 6) is -1.82. The lowest BCUT2D eigenvalue weighted by atomic mass is 10.0. The molecular weight excluding hydrogens is 414 g/mol. The number of carboxylic acid groups (broad SMARTS) is 1. The van der Waals surface area contributed by atoms with Gasteiger partial charge in [-0.05, 0) is 58.4 Å². The number of benzene rings is 1. The van der Waals surface area contributed by atoms with Gasteiger partial charge in [-0.15, -0.1) is 0 Å². The van der Waals surface area contributed by atoms with Crippen molar-refractivity contribution in [2.75, 3.05) is 6.61 Å². The highest BCUT2D eigenvalue weighted by Crippen LogP contribution is 2.24. The molecule has 1 aromatic heterocycles. The van der Waals surface area contributed by atoms with Crippen LogP contribution >= 0.6 is 0 Å². The molecule has 4 N–H and O–H groups in total. The number of carboxylic acids is 1. The highest BCUT2D eigenvalue weighted by molar-refractivity contribution is 6.01. The first-order chi connectivity index (χ1) is 14.9. The van der Waals surface area contributed by atoms with Crippen LogP contribution in [0.15, 0.2) is 29.4 Å². The number of Topliss-reactive ketones (excluding diaryl/α,β-unsaturated/α-hetero) is 1. The molecule has 9 heteroatoms. The predicted molar refractivity (Wildman–Crippen MR) is 121 cm³/mol. The van der Waals surface area contributed by atoms with Crippen LogP contribution in [-0.2, 0) is 25.5 Å². The summed E-state index contributed by atoms with van der Waals surface area (Å²) in [4.78, 5) is 43.7. The molecule has 9 nitrogen and oxygen atoms in total. The van der Waals surface area contributed by atoms with Crippen molar-refractivity contribution >= 4 is 34.3 Å². The molecular formula is C23H31N3O6. The number of aromatic amines is 1. The second-order valence-electron chi connectivity index (χ2n) is 8.83. The van der Waals surface area contributed by atoms with E-state index in [9.17, 15) is 24.6 Å². The number of aromatic nitrogens is 1. The number of H-pyrrole nitrogens is 1. The van der Waals surface area contributed by atoms with Gasteiger partial charge in [0.05, 0.1) is 12.2 Å². The lowest BCUT2D eigenvalue weighted by Gasteiger charge is -2.24. The first kappa shape index (κ1) is 25.1. The van der Waals surface area contributed by atoms with E-state index in [0.717, 1.165) is 16.5 Å². The quantitative estimate of drug-likeness (QED) is 0.414. The van der Waals surface area contributed by atoms with Gasteiger partial charge in [-0.25, -0.2) is 4.79 Å². The Bertz CT molecular complexity index is 1020. The largest absolute Gasteiger partial charge is 0.508 e. The third kappa shape index (κ3) is 7.49. The summed E-state index contributed by atoms with van der Waals surface area (Å²) in [6.07, 6.45) is 1.96. The number of aliphatic carboxylic acids is 1. The van der Waals surface area contributed by atoms with Gasteiger partial charge in [0.1, 0.15) is 17.6 Å². The molecule has 0 fully saturated rings. The number of ketones is 1. The van der Waals surface area contributed by atoms with Crippen molar-refractivity contribution in [3.05, 3.63) is 30.0 Å². The number of hydrogen-bond donors (Lipinski definition) is 4. The van der Waals surface area contributed by atoms with Crippen molar-refractivity contribution in [2.24, 2.45) is 4.99 Å². The molecule has 0 aliphatic heterocycles. The van der Waals surface area contributed by atoms with Gasteiger partial charge in [0.2, 0.25) is 5.91 Å². The Kier molecular flexibility index (Phi) is 8.15. The van der Waals surface area contributed by atoms with E-state index in [2.05, 4.69) is 15.3 Å². The SMILES string of the molecule is CC(=O)CC(C)=N[C@@H](Cc1c[nH]c2ccc(O)cc12)C(=O)N[C@@H](COC(C)(C)C)C(=O)O. The molecule has 2 aromatic rings. The van der Waals surface area contributed by atoms with E-state index >= 15 is 0 Å². The zero-order valence-electron chi connectivity index (χ0n) is 19.1. The number of aromatic hydroxyl groups is 1. The van der Waals surface area contributed by atoms with Crippen LogP contribution in [0.4, 0.5) is 0 Å². The summed E-state index contributed by atoms with van der Waals surface area (Å²) in [7, 11) is 0. The highest BCUT2D eigenvalue weighted by atomic mass is 16.5. The number of amides is 1. The number of hydrogen-bond acceptors (Lipinski definition) is 6. The number of phenols is 1. The summed E-state index contributed by atoms with van der Waals surface area (Å²) in [5.41, 5.74) is 1.41. The maximum atomic E-state index is 13.1. The van der Waals surface area contributed by atoms with Gasteiger partial charge in [0, 0.05) is 35.7 Å². The monoisotopic (exact) mass is 445 g/mol. The van der Waals surface area contributed by atoms with Crippen LogP contribution in [0.2, 0.25) is 0 Å². The number of nitrogens with one attached hydrogen (secondary N) is 2. The summed E-state index contributed by atoms with van der Waals surface area (Å²) in [5, 5.41) is 22.6. The van der Waals surface area contributed by atoms with E-state index in [0.29, 0.717) is 5.71 Å². The fraction of sp³-hybridized carbons (Fsp3) is 0.478. The van der Waals surface area contributed by atoms with Crippen molar-refractivity contribution < 1.29 is 29.3 Å². The maximum absolute atomic E-state index is 13.1. The van der Waals surface area contributed by atoms with Crippen LogP contribution in [0.1, 0.15) is 46.6 Å². The van der Waals surface area contributed by atoms with Crippen molar-refractivity contribution in [1.82, 2.24) is 10.3 Å². The molecule has 0 spiro atoms. The van der Waals surface area contributed by atoms with Gasteiger partial charge in [-0.2, -0.15) is 0 Å². The normalized spacial score (nSPS) is 14.2. The van der Waals surface area contributed by atoms with Gasteiger partial charge in [-0.3, -0.25) is 14.6 Å². The molecule has 2 atom stereocenters. The van der Waals surface area contributed by atoms with E-state index in [1.54, 1.807) is 52.1 Å². The van der Waals surface area contributed by atoms with Crippen LogP contribution < -0.4 is 5.32 Å². The average molecular weight is 446 g/mol. The second kappa shape index (κ2) is 10.4. The topological polar surface area (TPSA) is 141 Å². The Labute approximate surface area is 186 Å². The standard InChI is InChI=1S/C23H31N3O6/c1-13(8-14(2)27)25-19(9-15-11-24-18-7-6-16(28)10-17(15)18)21(29)26-20(22(30)31)12-32-23(3,4)5/h6-7,10-11,19-20,24,28H,8-9,12H2,1-5H3,(H,26,29)(H,30,31)/t19-,20-/m0/s1. The van der Waals surface area contributed by atoms with Crippen LogP contribution in [-0.4, -0.2) is 62.9 Å². The number of aliphatic imine (C=N–C) groups is 1. The van der Waals surface area contributed by atoms with Gasteiger partial charge in [0.25, 0.3) is 0 Å². The minimum Gasteiger partial charge on any atom is -0.508 e.